The van der Waals surface area contributed by atoms with Gasteiger partial charge in [-0.1, -0.05) is 12.1 Å². The number of nitrogens with one attached hydrogen (secondary N) is 2. The average molecular weight is 364 g/mol. The van der Waals surface area contributed by atoms with Crippen molar-refractivity contribution < 1.29 is 24.1 Å². The maximum Gasteiger partial charge on any atom is 0.508 e. The van der Waals surface area contributed by atoms with Crippen LogP contribution in [0.2, 0.25) is 0 Å². The highest BCUT2D eigenvalue weighted by molar-refractivity contribution is 5.60. The highest BCUT2D eigenvalue weighted by Gasteiger charge is 2.38. The van der Waals surface area contributed by atoms with Crippen LogP contribution in [-0.2, 0) is 15.9 Å². The van der Waals surface area contributed by atoms with E-state index >= 15 is 0 Å². The third-order valence-electron chi connectivity index (χ3n) is 5.06. The van der Waals surface area contributed by atoms with Gasteiger partial charge in [-0.25, -0.2) is 4.79 Å². The summed E-state index contributed by atoms with van der Waals surface area (Å²) in [6.07, 6.45) is 1.66. The molecule has 0 amide bonds. The fraction of sp³-hybridized carbons (Fsp3) is 0.632. The molecule has 2 heterocycles. The van der Waals surface area contributed by atoms with Crippen LogP contribution in [0.1, 0.15) is 24.8 Å². The zero-order valence-corrected chi connectivity index (χ0v) is 15.1. The number of hydrogen-bond donors (Lipinski definition) is 3. The van der Waals surface area contributed by atoms with Crippen LogP contribution in [0, 0.1) is 0 Å². The molecule has 0 radical (unpaired) electrons. The molecule has 4 atom stereocenters. The number of ether oxygens (including phenoxy) is 3. The minimum atomic E-state index is -0.734. The Kier molecular flexibility index (Phi) is 6.71. The van der Waals surface area contributed by atoms with Gasteiger partial charge in [0, 0.05) is 12.6 Å². The summed E-state index contributed by atoms with van der Waals surface area (Å²) in [4.78, 5) is 12.0. The van der Waals surface area contributed by atoms with Crippen LogP contribution in [0.15, 0.2) is 24.3 Å². The summed E-state index contributed by atoms with van der Waals surface area (Å²) in [7, 11) is 1.63. The van der Waals surface area contributed by atoms with Gasteiger partial charge in [0.15, 0.2) is 0 Å². The largest absolute Gasteiger partial charge is 0.508 e. The van der Waals surface area contributed by atoms with E-state index in [1.54, 1.807) is 7.11 Å². The smallest absolute Gasteiger partial charge is 0.497 e. The van der Waals surface area contributed by atoms with Crippen LogP contribution >= 0.6 is 0 Å². The first-order chi connectivity index (χ1) is 12.7. The Hall–Kier alpha value is -1.83. The molecule has 2 fully saturated rings. The van der Waals surface area contributed by atoms with E-state index in [-0.39, 0.29) is 6.04 Å². The maximum atomic E-state index is 12.0. The Morgan fingerprint density at radius 1 is 1.27 bits per heavy atom. The normalized spacial score (nSPS) is 28.1. The van der Waals surface area contributed by atoms with Crippen LogP contribution in [0.4, 0.5) is 4.79 Å². The van der Waals surface area contributed by atoms with Crippen LogP contribution in [0.3, 0.4) is 0 Å². The van der Waals surface area contributed by atoms with Crippen molar-refractivity contribution in [2.45, 2.75) is 50.0 Å². The zero-order chi connectivity index (χ0) is 18.4. The molecule has 2 saturated heterocycles. The minimum Gasteiger partial charge on any atom is -0.497 e. The molecule has 3 rings (SSSR count). The van der Waals surface area contributed by atoms with Crippen molar-refractivity contribution >= 4 is 6.16 Å². The SMILES string of the molecule is COc1ccc(C[C@H]2NC[C@H](O)[C@H]2OC(=O)OCC[C@@H]2CCCN2)cc1. The summed E-state index contributed by atoms with van der Waals surface area (Å²) < 4.78 is 15.7. The van der Waals surface area contributed by atoms with Gasteiger partial charge in [-0.2, -0.15) is 0 Å². The molecule has 26 heavy (non-hydrogen) atoms. The Morgan fingerprint density at radius 3 is 2.77 bits per heavy atom. The molecule has 0 saturated carbocycles. The highest BCUT2D eigenvalue weighted by atomic mass is 16.7. The Morgan fingerprint density at radius 2 is 2.08 bits per heavy atom. The van der Waals surface area contributed by atoms with Gasteiger partial charge in [0.2, 0.25) is 0 Å². The van der Waals surface area contributed by atoms with E-state index in [9.17, 15) is 9.90 Å². The number of aliphatic hydroxyl groups is 1. The second kappa shape index (κ2) is 9.21. The van der Waals surface area contributed by atoms with Gasteiger partial charge in [0.1, 0.15) is 18.0 Å². The van der Waals surface area contributed by atoms with Gasteiger partial charge in [0.05, 0.1) is 19.8 Å². The van der Waals surface area contributed by atoms with Gasteiger partial charge < -0.3 is 30.0 Å². The quantitative estimate of drug-likeness (QED) is 0.627. The van der Waals surface area contributed by atoms with E-state index in [4.69, 9.17) is 14.2 Å². The van der Waals surface area contributed by atoms with Crippen LogP contribution in [0.25, 0.3) is 0 Å². The summed E-state index contributed by atoms with van der Waals surface area (Å²) >= 11 is 0. The molecule has 2 aliphatic rings. The molecule has 1 aromatic rings. The van der Waals surface area contributed by atoms with Crippen molar-refractivity contribution in [1.82, 2.24) is 10.6 Å². The second-order valence-corrected chi connectivity index (χ2v) is 6.90. The lowest BCUT2D eigenvalue weighted by atomic mass is 10.0. The summed E-state index contributed by atoms with van der Waals surface area (Å²) in [5.74, 6) is 0.793. The molecular weight excluding hydrogens is 336 g/mol. The van der Waals surface area contributed by atoms with E-state index < -0.39 is 18.4 Å². The van der Waals surface area contributed by atoms with Crippen LogP contribution < -0.4 is 15.4 Å². The summed E-state index contributed by atoms with van der Waals surface area (Å²) in [5, 5.41) is 16.7. The van der Waals surface area contributed by atoms with Gasteiger partial charge in [-0.3, -0.25) is 0 Å². The van der Waals surface area contributed by atoms with Crippen molar-refractivity contribution in [3.63, 3.8) is 0 Å². The number of carbonyl (C=O) groups is 1. The molecule has 1 aromatic carbocycles. The molecule has 0 bridgehead atoms. The first-order valence-electron chi connectivity index (χ1n) is 9.27. The van der Waals surface area contributed by atoms with Crippen molar-refractivity contribution in [3.05, 3.63) is 29.8 Å². The Balaban J connectivity index is 1.46. The lowest BCUT2D eigenvalue weighted by molar-refractivity contribution is -0.0219. The van der Waals surface area contributed by atoms with Crippen molar-refractivity contribution in [2.24, 2.45) is 0 Å². The number of carbonyl (C=O) groups excluding carboxylic acids is 1. The molecular formula is C19H28N2O5. The monoisotopic (exact) mass is 364 g/mol. The number of benzene rings is 1. The lowest BCUT2D eigenvalue weighted by Gasteiger charge is -2.22. The van der Waals surface area contributed by atoms with E-state index in [1.807, 2.05) is 24.3 Å². The Labute approximate surface area is 154 Å². The molecule has 0 spiro atoms. The predicted molar refractivity (Wildman–Crippen MR) is 96.4 cm³/mol. The first kappa shape index (κ1) is 18.9. The molecule has 0 aromatic heterocycles. The number of β-amino-alcohol motifs (C(OH)–C–C–N with tert-alkyl or cyclic N) is 1. The number of hydrogen-bond acceptors (Lipinski definition) is 7. The van der Waals surface area contributed by atoms with Gasteiger partial charge >= 0.3 is 6.16 Å². The summed E-state index contributed by atoms with van der Waals surface area (Å²) in [6, 6.07) is 7.99. The second-order valence-electron chi connectivity index (χ2n) is 6.90. The van der Waals surface area contributed by atoms with Gasteiger partial charge in [0.25, 0.3) is 0 Å². The fourth-order valence-corrected chi connectivity index (χ4v) is 3.57. The molecule has 3 N–H and O–H groups in total. The highest BCUT2D eigenvalue weighted by Crippen LogP contribution is 2.20. The predicted octanol–water partition coefficient (Wildman–Crippen LogP) is 1.23. The molecule has 7 heteroatoms. The van der Waals surface area contributed by atoms with E-state index in [0.717, 1.165) is 30.7 Å². The van der Waals surface area contributed by atoms with E-state index in [2.05, 4.69) is 10.6 Å². The molecule has 144 valence electrons. The van der Waals surface area contributed by atoms with Gasteiger partial charge in [-0.05, 0) is 49.9 Å². The van der Waals surface area contributed by atoms with Crippen molar-refractivity contribution in [3.8, 4) is 5.75 Å². The van der Waals surface area contributed by atoms with Crippen molar-refractivity contribution in [1.29, 1.82) is 0 Å². The molecule has 0 aliphatic carbocycles. The van der Waals surface area contributed by atoms with Crippen LogP contribution in [-0.4, -0.2) is 62.4 Å². The first-order valence-corrected chi connectivity index (χ1v) is 9.27. The maximum absolute atomic E-state index is 12.0. The third-order valence-corrected chi connectivity index (χ3v) is 5.06. The third kappa shape index (κ3) is 5.09. The summed E-state index contributed by atoms with van der Waals surface area (Å²) in [5.41, 5.74) is 1.08. The van der Waals surface area contributed by atoms with Crippen LogP contribution in [0.5, 0.6) is 5.75 Å². The topological polar surface area (TPSA) is 89.0 Å². The van der Waals surface area contributed by atoms with Crippen molar-refractivity contribution in [2.75, 3.05) is 26.8 Å². The molecule has 2 aliphatic heterocycles. The zero-order valence-electron chi connectivity index (χ0n) is 15.1. The number of aliphatic hydroxyl groups excluding tert-OH is 1. The molecule has 0 unspecified atom stereocenters. The number of rotatable bonds is 7. The lowest BCUT2D eigenvalue weighted by Crippen LogP contribution is -2.39. The minimum absolute atomic E-state index is 0.151. The average Bonchev–Trinajstić information content (AvgIpc) is 3.28. The number of methoxy groups -OCH3 is 1. The summed E-state index contributed by atoms with van der Waals surface area (Å²) in [6.45, 7) is 1.75. The standard InChI is InChI=1S/C19H28N2O5/c1-24-15-6-4-13(5-7-15)11-16-18(17(22)12-21-16)26-19(23)25-10-8-14-3-2-9-20-14/h4-7,14,16-18,20-22H,2-3,8-12H2,1H3/t14-,16+,17-,18-/m0/s1. The van der Waals surface area contributed by atoms with E-state index in [1.165, 1.54) is 6.42 Å². The fourth-order valence-electron chi connectivity index (χ4n) is 3.57. The van der Waals surface area contributed by atoms with Gasteiger partial charge in [-0.15, -0.1) is 0 Å². The molecule has 7 nitrogen and oxygen atoms in total. The van der Waals surface area contributed by atoms with E-state index in [0.29, 0.717) is 25.6 Å². The Bertz CT molecular complexity index is 574.